The molecule has 0 aliphatic heterocycles. The van der Waals surface area contributed by atoms with E-state index in [1.807, 2.05) is 13.8 Å². The summed E-state index contributed by atoms with van der Waals surface area (Å²) in [6.45, 7) is 4.62. The Morgan fingerprint density at radius 1 is 1.38 bits per heavy atom. The fourth-order valence-corrected chi connectivity index (χ4v) is 1.61. The lowest BCUT2D eigenvalue weighted by atomic mass is 10.3. The summed E-state index contributed by atoms with van der Waals surface area (Å²) in [7, 11) is 1.62. The van der Waals surface area contributed by atoms with E-state index in [0.29, 0.717) is 19.1 Å². The standard InChI is InChI=1S/C14H22FN3O2.HI/c1-10(9-19-3)18-14(16)17-8-11(2)20-13-7-5-4-6-12(13)15;/h4-7,10-11H,8-9H2,1-3H3,(H3,16,17,18);1H. The van der Waals surface area contributed by atoms with E-state index in [2.05, 4.69) is 10.3 Å². The molecule has 0 saturated heterocycles. The lowest BCUT2D eigenvalue weighted by Crippen LogP contribution is -2.41. The molecule has 2 atom stereocenters. The number of halogens is 2. The average Bonchev–Trinajstić information content (AvgIpc) is 2.39. The first-order chi connectivity index (χ1) is 9.52. The van der Waals surface area contributed by atoms with Crippen LogP contribution in [0.1, 0.15) is 13.8 Å². The number of para-hydroxylation sites is 1. The van der Waals surface area contributed by atoms with E-state index in [9.17, 15) is 4.39 Å². The minimum atomic E-state index is -0.386. The van der Waals surface area contributed by atoms with Gasteiger partial charge in [0.1, 0.15) is 6.10 Å². The van der Waals surface area contributed by atoms with Gasteiger partial charge in [-0.2, -0.15) is 0 Å². The van der Waals surface area contributed by atoms with Crippen molar-refractivity contribution >= 4 is 29.9 Å². The number of aliphatic imine (C=N–C) groups is 1. The Hall–Kier alpha value is -1.09. The van der Waals surface area contributed by atoms with Crippen LogP contribution in [0.4, 0.5) is 4.39 Å². The summed E-state index contributed by atoms with van der Waals surface area (Å²) < 4.78 is 23.8. The second-order valence-corrected chi connectivity index (χ2v) is 4.59. The summed E-state index contributed by atoms with van der Waals surface area (Å²) in [6.07, 6.45) is -0.273. The highest BCUT2D eigenvalue weighted by atomic mass is 127. The lowest BCUT2D eigenvalue weighted by molar-refractivity contribution is 0.179. The van der Waals surface area contributed by atoms with E-state index in [4.69, 9.17) is 15.2 Å². The molecule has 0 aliphatic rings. The van der Waals surface area contributed by atoms with E-state index >= 15 is 0 Å². The quantitative estimate of drug-likeness (QED) is 0.410. The molecule has 0 spiro atoms. The Labute approximate surface area is 142 Å². The second-order valence-electron chi connectivity index (χ2n) is 4.59. The summed E-state index contributed by atoms with van der Waals surface area (Å²) in [6, 6.07) is 6.35. The number of nitrogens with zero attached hydrogens (tertiary/aromatic N) is 1. The average molecular weight is 411 g/mol. The molecule has 0 aliphatic carbocycles. The molecule has 1 aromatic rings. The van der Waals surface area contributed by atoms with Crippen molar-refractivity contribution in [1.29, 1.82) is 0 Å². The molecule has 7 heteroatoms. The molecule has 2 unspecified atom stereocenters. The Bertz CT molecular complexity index is 446. The van der Waals surface area contributed by atoms with Crippen molar-refractivity contribution in [2.45, 2.75) is 26.0 Å². The number of nitrogens with two attached hydrogens (primary N) is 1. The van der Waals surface area contributed by atoms with E-state index in [0.717, 1.165) is 0 Å². The zero-order valence-electron chi connectivity index (χ0n) is 12.5. The summed E-state index contributed by atoms with van der Waals surface area (Å²) in [5.74, 6) is 0.149. The number of benzene rings is 1. The third kappa shape index (κ3) is 8.05. The van der Waals surface area contributed by atoms with Crippen molar-refractivity contribution in [1.82, 2.24) is 5.32 Å². The maximum Gasteiger partial charge on any atom is 0.189 e. The summed E-state index contributed by atoms with van der Waals surface area (Å²) >= 11 is 0. The van der Waals surface area contributed by atoms with E-state index in [1.165, 1.54) is 6.07 Å². The highest BCUT2D eigenvalue weighted by Crippen LogP contribution is 2.16. The molecule has 0 amide bonds. The largest absolute Gasteiger partial charge is 0.486 e. The van der Waals surface area contributed by atoms with Crippen LogP contribution in [0.5, 0.6) is 5.75 Å². The number of nitrogens with one attached hydrogen (secondary N) is 1. The van der Waals surface area contributed by atoms with Crippen LogP contribution in [0.15, 0.2) is 29.3 Å². The van der Waals surface area contributed by atoms with Crippen molar-refractivity contribution in [3.8, 4) is 5.75 Å². The van der Waals surface area contributed by atoms with Gasteiger partial charge >= 0.3 is 0 Å². The predicted octanol–water partition coefficient (Wildman–Crippen LogP) is 2.15. The van der Waals surface area contributed by atoms with Gasteiger partial charge in [-0.05, 0) is 26.0 Å². The zero-order chi connectivity index (χ0) is 15.0. The first-order valence-electron chi connectivity index (χ1n) is 6.49. The topological polar surface area (TPSA) is 68.9 Å². The maximum absolute atomic E-state index is 13.4. The first-order valence-corrected chi connectivity index (χ1v) is 6.49. The third-order valence-electron chi connectivity index (χ3n) is 2.49. The van der Waals surface area contributed by atoms with Gasteiger partial charge in [-0.3, -0.25) is 0 Å². The molecule has 0 aromatic heterocycles. The van der Waals surface area contributed by atoms with Crippen LogP contribution in [-0.2, 0) is 4.74 Å². The number of rotatable bonds is 7. The van der Waals surface area contributed by atoms with Gasteiger partial charge < -0.3 is 20.5 Å². The highest BCUT2D eigenvalue weighted by molar-refractivity contribution is 14.0. The van der Waals surface area contributed by atoms with E-state index in [-0.39, 0.29) is 47.7 Å². The van der Waals surface area contributed by atoms with Gasteiger partial charge in [-0.15, -0.1) is 24.0 Å². The smallest absolute Gasteiger partial charge is 0.189 e. The monoisotopic (exact) mass is 411 g/mol. The minimum absolute atomic E-state index is 0. The van der Waals surface area contributed by atoms with Crippen molar-refractivity contribution in [2.24, 2.45) is 10.7 Å². The Balaban J connectivity index is 0.00000400. The molecular formula is C14H23FIN3O2. The number of methoxy groups -OCH3 is 1. The van der Waals surface area contributed by atoms with Crippen LogP contribution in [0.25, 0.3) is 0 Å². The lowest BCUT2D eigenvalue weighted by Gasteiger charge is -2.15. The molecule has 1 aromatic carbocycles. The van der Waals surface area contributed by atoms with Gasteiger partial charge in [0.05, 0.1) is 13.2 Å². The molecule has 120 valence electrons. The van der Waals surface area contributed by atoms with Crippen molar-refractivity contribution in [3.05, 3.63) is 30.1 Å². The number of hydrogen-bond acceptors (Lipinski definition) is 3. The van der Waals surface area contributed by atoms with Gasteiger partial charge in [0, 0.05) is 13.2 Å². The molecule has 21 heavy (non-hydrogen) atoms. The fourth-order valence-electron chi connectivity index (χ4n) is 1.61. The van der Waals surface area contributed by atoms with Gasteiger partial charge in [-0.1, -0.05) is 12.1 Å². The number of guanidine groups is 1. The van der Waals surface area contributed by atoms with Gasteiger partial charge in [0.15, 0.2) is 17.5 Å². The van der Waals surface area contributed by atoms with Crippen molar-refractivity contribution in [2.75, 3.05) is 20.3 Å². The van der Waals surface area contributed by atoms with Crippen molar-refractivity contribution < 1.29 is 13.9 Å². The molecule has 0 saturated carbocycles. The Morgan fingerprint density at radius 2 is 2.05 bits per heavy atom. The van der Waals surface area contributed by atoms with Gasteiger partial charge in [-0.25, -0.2) is 9.38 Å². The molecule has 0 heterocycles. The molecule has 1 rings (SSSR count). The normalized spacial score (nSPS) is 14.0. The van der Waals surface area contributed by atoms with Gasteiger partial charge in [0.2, 0.25) is 0 Å². The van der Waals surface area contributed by atoms with Gasteiger partial charge in [0.25, 0.3) is 0 Å². The third-order valence-corrected chi connectivity index (χ3v) is 2.49. The van der Waals surface area contributed by atoms with Crippen LogP contribution in [0.2, 0.25) is 0 Å². The van der Waals surface area contributed by atoms with E-state index < -0.39 is 0 Å². The molecule has 3 N–H and O–H groups in total. The summed E-state index contributed by atoms with van der Waals surface area (Å²) in [5.41, 5.74) is 5.73. The predicted molar refractivity (Wildman–Crippen MR) is 92.9 cm³/mol. The van der Waals surface area contributed by atoms with E-state index in [1.54, 1.807) is 25.3 Å². The number of hydrogen-bond donors (Lipinski definition) is 2. The van der Waals surface area contributed by atoms with Crippen LogP contribution in [-0.4, -0.2) is 38.4 Å². The molecule has 5 nitrogen and oxygen atoms in total. The summed E-state index contributed by atoms with van der Waals surface area (Å²) in [4.78, 5) is 4.15. The van der Waals surface area contributed by atoms with Crippen LogP contribution >= 0.6 is 24.0 Å². The first kappa shape index (κ1) is 19.9. The van der Waals surface area contributed by atoms with Crippen LogP contribution in [0, 0.1) is 5.82 Å². The Kier molecular flexibility index (Phi) is 10.1. The number of ether oxygens (including phenoxy) is 2. The molecule has 0 bridgehead atoms. The van der Waals surface area contributed by atoms with Crippen molar-refractivity contribution in [3.63, 3.8) is 0 Å². The molecule has 0 radical (unpaired) electrons. The fraction of sp³-hybridized carbons (Fsp3) is 0.500. The van der Waals surface area contributed by atoms with Crippen LogP contribution in [0.3, 0.4) is 0 Å². The highest BCUT2D eigenvalue weighted by Gasteiger charge is 2.08. The molecular weight excluding hydrogens is 388 g/mol. The summed E-state index contributed by atoms with van der Waals surface area (Å²) in [5, 5.41) is 2.98. The zero-order valence-corrected chi connectivity index (χ0v) is 14.8. The SMILES string of the molecule is COCC(C)NC(N)=NCC(C)Oc1ccccc1F.I. The Morgan fingerprint density at radius 3 is 2.67 bits per heavy atom. The second kappa shape index (κ2) is 10.6. The molecule has 0 fully saturated rings. The maximum atomic E-state index is 13.4. The minimum Gasteiger partial charge on any atom is -0.486 e. The van der Waals surface area contributed by atoms with Crippen LogP contribution < -0.4 is 15.8 Å².